The van der Waals surface area contributed by atoms with Crippen LogP contribution in [0, 0.1) is 10.5 Å². The second-order valence-corrected chi connectivity index (χ2v) is 7.84. The van der Waals surface area contributed by atoms with E-state index in [9.17, 15) is 0 Å². The molecule has 0 aliphatic rings. The number of benzene rings is 3. The van der Waals surface area contributed by atoms with Crippen LogP contribution in [-0.4, -0.2) is 11.5 Å². The summed E-state index contributed by atoms with van der Waals surface area (Å²) in [6, 6.07) is 25.7. The Morgan fingerprint density at radius 3 is 2.04 bits per heavy atom. The van der Waals surface area contributed by atoms with Gasteiger partial charge in [-0.15, -0.1) is 0 Å². The third-order valence-electron chi connectivity index (χ3n) is 5.34. The topological polar surface area (TPSA) is 13.6 Å². The summed E-state index contributed by atoms with van der Waals surface area (Å²) in [6.45, 7) is 2.23. The Labute approximate surface area is 171 Å². The van der Waals surface area contributed by atoms with E-state index in [0.717, 1.165) is 5.75 Å². The van der Waals surface area contributed by atoms with Crippen molar-refractivity contribution in [2.24, 2.45) is 0 Å². The number of halogens is 1. The van der Waals surface area contributed by atoms with Crippen molar-refractivity contribution in [2.45, 2.75) is 6.92 Å². The van der Waals surface area contributed by atoms with Crippen LogP contribution in [0.4, 0.5) is 0 Å². The van der Waals surface area contributed by atoms with Gasteiger partial charge in [-0.25, -0.2) is 0 Å². The normalized spacial score (nSPS) is 11.5. The van der Waals surface area contributed by atoms with Crippen LogP contribution in [0.5, 0.6) is 5.75 Å². The monoisotopic (exact) mass is 463 g/mol. The quantitative estimate of drug-likeness (QED) is 0.262. The van der Waals surface area contributed by atoms with Gasteiger partial charge in [0.15, 0.2) is 0 Å². The van der Waals surface area contributed by atoms with E-state index < -0.39 is 0 Å². The number of nitrogens with zero attached hydrogens (tertiary/aromatic N) is 1. The van der Waals surface area contributed by atoms with Crippen LogP contribution in [0.15, 0.2) is 72.8 Å². The number of aryl methyl sites for hydroxylation is 1. The van der Waals surface area contributed by atoms with E-state index in [2.05, 4.69) is 94.6 Å². The van der Waals surface area contributed by atoms with Gasteiger partial charge in [0.25, 0.3) is 0 Å². The molecule has 3 aromatic carbocycles. The van der Waals surface area contributed by atoms with Crippen LogP contribution in [0.3, 0.4) is 0 Å². The van der Waals surface area contributed by atoms with E-state index in [4.69, 9.17) is 4.74 Å². The molecule has 0 spiro atoms. The molecular weight excluding hydrogens is 445 g/mol. The van der Waals surface area contributed by atoms with E-state index in [1.54, 1.807) is 7.11 Å². The van der Waals surface area contributed by atoms with Crippen molar-refractivity contribution in [3.8, 4) is 16.9 Å². The summed E-state index contributed by atoms with van der Waals surface area (Å²) in [6.07, 6.45) is 0. The van der Waals surface area contributed by atoms with E-state index in [-0.39, 0.29) is 0 Å². The third kappa shape index (κ3) is 2.38. The van der Waals surface area contributed by atoms with E-state index >= 15 is 0 Å². The molecule has 5 rings (SSSR count). The predicted octanol–water partition coefficient (Wildman–Crippen LogP) is 6.83. The van der Waals surface area contributed by atoms with Crippen molar-refractivity contribution < 1.29 is 4.74 Å². The molecule has 132 valence electrons. The summed E-state index contributed by atoms with van der Waals surface area (Å²) in [4.78, 5) is 0. The molecule has 0 atom stereocenters. The molecule has 0 saturated carbocycles. The molecule has 3 heteroatoms. The SMILES string of the molecule is COc1ccc(-c2c(I)c3ccccc3n3c2c(C)c2ccccc23)cc1. The predicted molar refractivity (Wildman–Crippen MR) is 122 cm³/mol. The maximum absolute atomic E-state index is 5.36. The minimum atomic E-state index is 0.878. The lowest BCUT2D eigenvalue weighted by Gasteiger charge is -2.15. The van der Waals surface area contributed by atoms with Crippen molar-refractivity contribution in [1.82, 2.24) is 4.40 Å². The number of hydrogen-bond donors (Lipinski definition) is 0. The first kappa shape index (κ1) is 16.6. The molecular formula is C24H18INO. The minimum Gasteiger partial charge on any atom is -0.497 e. The van der Waals surface area contributed by atoms with Gasteiger partial charge >= 0.3 is 0 Å². The largest absolute Gasteiger partial charge is 0.497 e. The zero-order valence-corrected chi connectivity index (χ0v) is 17.3. The lowest BCUT2D eigenvalue weighted by atomic mass is 10.0. The smallest absolute Gasteiger partial charge is 0.118 e. The molecule has 5 aromatic rings. The maximum atomic E-state index is 5.36. The zero-order chi connectivity index (χ0) is 18.5. The summed E-state index contributed by atoms with van der Waals surface area (Å²) < 4.78 is 9.06. The molecule has 0 N–H and O–H groups in total. The Hall–Kier alpha value is -2.53. The number of fused-ring (bicyclic) bond motifs is 5. The first-order valence-electron chi connectivity index (χ1n) is 8.95. The fraction of sp³-hybridized carbons (Fsp3) is 0.0833. The number of pyridine rings is 1. The molecule has 0 radical (unpaired) electrons. The molecule has 2 heterocycles. The lowest BCUT2D eigenvalue weighted by molar-refractivity contribution is 0.415. The number of aromatic nitrogens is 1. The molecule has 0 saturated heterocycles. The van der Waals surface area contributed by atoms with Crippen LogP contribution in [0.1, 0.15) is 5.56 Å². The molecule has 0 aliphatic heterocycles. The molecule has 0 amide bonds. The van der Waals surface area contributed by atoms with E-state index in [0.29, 0.717) is 0 Å². The van der Waals surface area contributed by atoms with Crippen molar-refractivity contribution in [1.29, 1.82) is 0 Å². The summed E-state index contributed by atoms with van der Waals surface area (Å²) in [5.41, 5.74) is 7.60. The van der Waals surface area contributed by atoms with Gasteiger partial charge in [-0.05, 0) is 64.9 Å². The standard InChI is InChI=1S/C24H18INO/c1-15-18-7-3-5-9-20(18)26-21-10-6-4-8-19(21)23(25)22(24(15)26)16-11-13-17(27-2)14-12-16/h3-14H,1-2H3. The van der Waals surface area contributed by atoms with Crippen LogP contribution in [-0.2, 0) is 0 Å². The van der Waals surface area contributed by atoms with Gasteiger partial charge in [-0.3, -0.25) is 0 Å². The Morgan fingerprint density at radius 1 is 0.778 bits per heavy atom. The molecule has 2 nitrogen and oxygen atoms in total. The Bertz CT molecular complexity index is 1320. The molecule has 0 aliphatic carbocycles. The summed E-state index contributed by atoms with van der Waals surface area (Å²) in [7, 11) is 1.71. The van der Waals surface area contributed by atoms with Crippen LogP contribution < -0.4 is 4.74 Å². The fourth-order valence-electron chi connectivity index (χ4n) is 4.06. The van der Waals surface area contributed by atoms with E-state index in [1.165, 1.54) is 47.6 Å². The summed E-state index contributed by atoms with van der Waals surface area (Å²) in [5, 5.41) is 2.58. The molecule has 27 heavy (non-hydrogen) atoms. The van der Waals surface area contributed by atoms with Gasteiger partial charge in [-0.2, -0.15) is 0 Å². The molecule has 0 unspecified atom stereocenters. The number of hydrogen-bond acceptors (Lipinski definition) is 1. The van der Waals surface area contributed by atoms with Gasteiger partial charge in [-0.1, -0.05) is 48.5 Å². The van der Waals surface area contributed by atoms with Gasteiger partial charge in [0, 0.05) is 19.9 Å². The van der Waals surface area contributed by atoms with Crippen LogP contribution >= 0.6 is 22.6 Å². The van der Waals surface area contributed by atoms with Crippen molar-refractivity contribution >= 4 is 49.9 Å². The van der Waals surface area contributed by atoms with Gasteiger partial charge in [0.1, 0.15) is 5.75 Å². The highest BCUT2D eigenvalue weighted by atomic mass is 127. The van der Waals surface area contributed by atoms with Gasteiger partial charge < -0.3 is 9.14 Å². The van der Waals surface area contributed by atoms with E-state index in [1.807, 2.05) is 12.1 Å². The van der Waals surface area contributed by atoms with Crippen molar-refractivity contribution in [3.63, 3.8) is 0 Å². The molecule has 0 bridgehead atoms. The molecule has 2 aromatic heterocycles. The maximum Gasteiger partial charge on any atom is 0.118 e. The van der Waals surface area contributed by atoms with Crippen molar-refractivity contribution in [3.05, 3.63) is 81.9 Å². The minimum absolute atomic E-state index is 0.878. The Morgan fingerprint density at radius 2 is 1.37 bits per heavy atom. The first-order chi connectivity index (χ1) is 13.2. The second kappa shape index (κ2) is 6.27. The second-order valence-electron chi connectivity index (χ2n) is 6.76. The van der Waals surface area contributed by atoms with Crippen molar-refractivity contribution in [2.75, 3.05) is 7.11 Å². The average molecular weight is 463 g/mol. The Balaban J connectivity index is 2.04. The average Bonchev–Trinajstić information content (AvgIpc) is 3.02. The third-order valence-corrected chi connectivity index (χ3v) is 6.46. The number of methoxy groups -OCH3 is 1. The van der Waals surface area contributed by atoms with Gasteiger partial charge in [0.2, 0.25) is 0 Å². The van der Waals surface area contributed by atoms with Crippen LogP contribution in [0.2, 0.25) is 0 Å². The zero-order valence-electron chi connectivity index (χ0n) is 15.2. The highest BCUT2D eigenvalue weighted by Crippen LogP contribution is 2.41. The summed E-state index contributed by atoms with van der Waals surface area (Å²) in [5.74, 6) is 0.878. The first-order valence-corrected chi connectivity index (χ1v) is 10.0. The lowest BCUT2D eigenvalue weighted by Crippen LogP contribution is -1.96. The van der Waals surface area contributed by atoms with Gasteiger partial charge in [0.05, 0.1) is 23.7 Å². The number of para-hydroxylation sites is 2. The number of ether oxygens (including phenoxy) is 1. The number of rotatable bonds is 2. The fourth-order valence-corrected chi connectivity index (χ4v) is 5.09. The van der Waals surface area contributed by atoms with Crippen LogP contribution in [0.25, 0.3) is 38.4 Å². The highest BCUT2D eigenvalue weighted by Gasteiger charge is 2.19. The Kier molecular flexibility index (Phi) is 3.86. The summed E-state index contributed by atoms with van der Waals surface area (Å²) >= 11 is 2.51. The highest BCUT2D eigenvalue weighted by molar-refractivity contribution is 14.1. The molecule has 0 fully saturated rings.